The molecular formula is C14H15ClN3O3S+. The first-order chi connectivity index (χ1) is 10.4. The summed E-state index contributed by atoms with van der Waals surface area (Å²) in [6, 6.07) is 9.55. The molecule has 116 valence electrons. The molecule has 0 spiro atoms. The van der Waals surface area contributed by atoms with Crippen molar-refractivity contribution in [1.82, 2.24) is 0 Å². The van der Waals surface area contributed by atoms with Gasteiger partial charge in [-0.3, -0.25) is 14.9 Å². The molecule has 22 heavy (non-hydrogen) atoms. The molecule has 2 aromatic rings. The third-order valence-electron chi connectivity index (χ3n) is 2.93. The van der Waals surface area contributed by atoms with Crippen molar-refractivity contribution in [3.05, 3.63) is 55.7 Å². The monoisotopic (exact) mass is 340 g/mol. The maximum Gasteiger partial charge on any atom is 0.279 e. The van der Waals surface area contributed by atoms with Gasteiger partial charge in [-0.15, -0.1) is 11.3 Å². The summed E-state index contributed by atoms with van der Waals surface area (Å²) < 4.78 is 0.734. The molecule has 0 radical (unpaired) electrons. The zero-order valence-corrected chi connectivity index (χ0v) is 13.4. The highest BCUT2D eigenvalue weighted by molar-refractivity contribution is 7.16. The Labute approximate surface area is 136 Å². The number of amides is 1. The number of nitrogens with one attached hydrogen (secondary N) is 2. The lowest BCUT2D eigenvalue weighted by Gasteiger charge is -2.12. The van der Waals surface area contributed by atoms with E-state index in [9.17, 15) is 14.9 Å². The average molecular weight is 341 g/mol. The minimum Gasteiger partial charge on any atom is -0.325 e. The van der Waals surface area contributed by atoms with Crippen LogP contribution in [0.1, 0.15) is 4.88 Å². The van der Waals surface area contributed by atoms with Gasteiger partial charge in [0.2, 0.25) is 0 Å². The molecule has 0 aliphatic rings. The molecule has 1 aromatic heterocycles. The number of carbonyl (C=O) groups is 1. The Balaban J connectivity index is 1.85. The molecule has 1 aromatic carbocycles. The molecule has 0 saturated carbocycles. The molecule has 1 amide bonds. The van der Waals surface area contributed by atoms with Gasteiger partial charge >= 0.3 is 0 Å². The third-order valence-corrected chi connectivity index (χ3v) is 4.16. The number of benzene rings is 1. The van der Waals surface area contributed by atoms with Crippen LogP contribution in [0.2, 0.25) is 4.34 Å². The lowest BCUT2D eigenvalue weighted by molar-refractivity contribution is -0.884. The molecule has 2 N–H and O–H groups in total. The topological polar surface area (TPSA) is 76.7 Å². The minimum absolute atomic E-state index is 0.00434. The highest BCUT2D eigenvalue weighted by Gasteiger charge is 2.12. The Kier molecular flexibility index (Phi) is 5.48. The summed E-state index contributed by atoms with van der Waals surface area (Å²) in [5, 5.41) is 13.3. The van der Waals surface area contributed by atoms with Crippen LogP contribution < -0.4 is 10.2 Å². The molecule has 1 atom stereocenters. The van der Waals surface area contributed by atoms with Crippen LogP contribution in [0.5, 0.6) is 0 Å². The maximum absolute atomic E-state index is 11.9. The van der Waals surface area contributed by atoms with Crippen molar-refractivity contribution in [3.8, 4) is 0 Å². The number of anilines is 1. The summed E-state index contributed by atoms with van der Waals surface area (Å²) in [5.74, 6) is -0.144. The van der Waals surface area contributed by atoms with Crippen molar-refractivity contribution >= 4 is 40.2 Å². The molecular weight excluding hydrogens is 326 g/mol. The fraction of sp³-hybridized carbons (Fsp3) is 0.214. The van der Waals surface area contributed by atoms with Crippen molar-refractivity contribution in [1.29, 1.82) is 0 Å². The van der Waals surface area contributed by atoms with Crippen LogP contribution in [0.4, 0.5) is 11.4 Å². The SMILES string of the molecule is C[NH+](CC(=O)Nc1ccc([N+](=O)[O-])cc1)Cc1ccc(Cl)s1. The molecule has 1 unspecified atom stereocenters. The van der Waals surface area contributed by atoms with Crippen LogP contribution in [0.15, 0.2) is 36.4 Å². The highest BCUT2D eigenvalue weighted by atomic mass is 35.5. The smallest absolute Gasteiger partial charge is 0.279 e. The lowest BCUT2D eigenvalue weighted by atomic mass is 10.3. The normalized spacial score (nSPS) is 11.9. The van der Waals surface area contributed by atoms with E-state index in [2.05, 4.69) is 5.32 Å². The van der Waals surface area contributed by atoms with E-state index in [0.717, 1.165) is 14.1 Å². The van der Waals surface area contributed by atoms with Crippen LogP contribution in [0.25, 0.3) is 0 Å². The number of non-ortho nitro benzene ring substituents is 1. The molecule has 0 aliphatic heterocycles. The van der Waals surface area contributed by atoms with Crippen molar-refractivity contribution in [2.75, 3.05) is 18.9 Å². The van der Waals surface area contributed by atoms with E-state index in [0.29, 0.717) is 18.8 Å². The number of quaternary nitrogens is 1. The summed E-state index contributed by atoms with van der Waals surface area (Å²) in [4.78, 5) is 24.2. The summed E-state index contributed by atoms with van der Waals surface area (Å²) >= 11 is 7.37. The number of likely N-dealkylation sites (N-methyl/N-ethyl adjacent to an activating group) is 1. The van der Waals surface area contributed by atoms with Gasteiger partial charge in [-0.2, -0.15) is 0 Å². The fourth-order valence-electron chi connectivity index (χ4n) is 1.95. The molecule has 6 nitrogen and oxygen atoms in total. The quantitative estimate of drug-likeness (QED) is 0.623. The first-order valence-electron chi connectivity index (χ1n) is 6.54. The van der Waals surface area contributed by atoms with Crippen LogP contribution >= 0.6 is 22.9 Å². The van der Waals surface area contributed by atoms with Crippen molar-refractivity contribution in [2.45, 2.75) is 6.54 Å². The highest BCUT2D eigenvalue weighted by Crippen LogP contribution is 2.20. The number of nitrogens with zero attached hydrogens (tertiary/aromatic N) is 1. The van der Waals surface area contributed by atoms with Gasteiger partial charge in [-0.25, -0.2) is 0 Å². The summed E-state index contributed by atoms with van der Waals surface area (Å²) in [6.07, 6.45) is 0. The number of hydrogen-bond acceptors (Lipinski definition) is 4. The summed E-state index contributed by atoms with van der Waals surface area (Å²) in [5.41, 5.74) is 0.540. The van der Waals surface area contributed by atoms with E-state index in [1.54, 1.807) is 0 Å². The van der Waals surface area contributed by atoms with Crippen molar-refractivity contribution < 1.29 is 14.6 Å². The molecule has 0 aliphatic carbocycles. The molecule has 0 saturated heterocycles. The number of hydrogen-bond donors (Lipinski definition) is 2. The van der Waals surface area contributed by atoms with Crippen molar-refractivity contribution in [3.63, 3.8) is 0 Å². The second-order valence-corrected chi connectivity index (χ2v) is 6.67. The van der Waals surface area contributed by atoms with Crippen LogP contribution in [-0.2, 0) is 11.3 Å². The number of nitro benzene ring substituents is 1. The standard InChI is InChI=1S/C14H14ClN3O3S/c1-17(8-12-6-7-13(15)22-12)9-14(19)16-10-2-4-11(5-3-10)18(20)21/h2-7H,8-9H2,1H3,(H,16,19)/p+1. The van der Waals surface area contributed by atoms with Crippen LogP contribution in [-0.4, -0.2) is 24.4 Å². The first-order valence-corrected chi connectivity index (χ1v) is 7.73. The Morgan fingerprint density at radius 2 is 2.00 bits per heavy atom. The van der Waals surface area contributed by atoms with Gasteiger partial charge in [-0.05, 0) is 24.3 Å². The van der Waals surface area contributed by atoms with Crippen LogP contribution in [0, 0.1) is 10.1 Å². The third kappa shape index (κ3) is 4.80. The van der Waals surface area contributed by atoms with E-state index in [4.69, 9.17) is 11.6 Å². The predicted molar refractivity (Wildman–Crippen MR) is 86.5 cm³/mol. The zero-order chi connectivity index (χ0) is 16.1. The van der Waals surface area contributed by atoms with Gasteiger partial charge in [0.1, 0.15) is 6.54 Å². The van der Waals surface area contributed by atoms with Crippen LogP contribution in [0.3, 0.4) is 0 Å². The van der Waals surface area contributed by atoms with Gasteiger partial charge in [0.25, 0.3) is 11.6 Å². The summed E-state index contributed by atoms with van der Waals surface area (Å²) in [7, 11) is 1.92. The number of halogens is 1. The maximum atomic E-state index is 11.9. The molecule has 8 heteroatoms. The Bertz CT molecular complexity index is 672. The van der Waals surface area contributed by atoms with Gasteiger partial charge in [-0.1, -0.05) is 11.6 Å². The van der Waals surface area contributed by atoms with Gasteiger partial charge in [0, 0.05) is 17.8 Å². The molecule has 0 fully saturated rings. The molecule has 0 bridgehead atoms. The number of thiophene rings is 1. The first kappa shape index (κ1) is 16.4. The number of nitro groups is 1. The molecule has 2 rings (SSSR count). The predicted octanol–water partition coefficient (Wildman–Crippen LogP) is 1.96. The Morgan fingerprint density at radius 1 is 1.32 bits per heavy atom. The van der Waals surface area contributed by atoms with E-state index in [1.165, 1.54) is 35.6 Å². The van der Waals surface area contributed by atoms with E-state index >= 15 is 0 Å². The lowest BCUT2D eigenvalue weighted by Crippen LogP contribution is -3.08. The second kappa shape index (κ2) is 7.35. The van der Waals surface area contributed by atoms with Gasteiger partial charge in [0.05, 0.1) is 21.2 Å². The van der Waals surface area contributed by atoms with Gasteiger partial charge < -0.3 is 10.2 Å². The number of rotatable bonds is 6. The largest absolute Gasteiger partial charge is 0.325 e. The van der Waals surface area contributed by atoms with Crippen molar-refractivity contribution in [2.24, 2.45) is 0 Å². The Morgan fingerprint density at radius 3 is 2.55 bits per heavy atom. The minimum atomic E-state index is -0.477. The summed E-state index contributed by atoms with van der Waals surface area (Å²) in [6.45, 7) is 1.01. The van der Waals surface area contributed by atoms with Gasteiger partial charge in [0.15, 0.2) is 6.54 Å². The van der Waals surface area contributed by atoms with E-state index < -0.39 is 4.92 Å². The number of carbonyl (C=O) groups excluding carboxylic acids is 1. The average Bonchev–Trinajstić information content (AvgIpc) is 2.84. The Hall–Kier alpha value is -1.96. The molecule has 1 heterocycles. The van der Waals surface area contributed by atoms with E-state index in [1.807, 2.05) is 19.2 Å². The second-order valence-electron chi connectivity index (χ2n) is 4.87. The zero-order valence-electron chi connectivity index (χ0n) is 11.8. The van der Waals surface area contributed by atoms with E-state index in [-0.39, 0.29) is 11.6 Å². The fourth-order valence-corrected chi connectivity index (χ4v) is 3.15.